The number of carboxylic acids is 1. The van der Waals surface area contributed by atoms with Crippen LogP contribution in [0, 0.1) is 5.92 Å². The molecule has 186 valence electrons. The minimum absolute atomic E-state index is 0.0693. The number of nitrogens with zero attached hydrogens (tertiary/aromatic N) is 1. The fourth-order valence-electron chi connectivity index (χ4n) is 5.08. The van der Waals surface area contributed by atoms with E-state index in [0.717, 1.165) is 49.2 Å². The smallest absolute Gasteiger partial charge is 0.408 e. The minimum atomic E-state index is -0.972. The number of nitrogens with one attached hydrogen (secondary N) is 1. The Morgan fingerprint density at radius 1 is 0.944 bits per heavy atom. The van der Waals surface area contributed by atoms with Gasteiger partial charge in [0.25, 0.3) is 0 Å². The summed E-state index contributed by atoms with van der Waals surface area (Å²) in [6.07, 6.45) is 1.67. The number of fused-ring (bicyclic) bond motifs is 3. The molecular weight excluding hydrogens is 456 g/mol. The molecule has 3 fully saturated rings. The lowest BCUT2D eigenvalue weighted by molar-refractivity contribution is -0.0336. The molecule has 7 heteroatoms. The maximum atomic E-state index is 13.0. The van der Waals surface area contributed by atoms with Gasteiger partial charge in [-0.05, 0) is 72.8 Å². The molecule has 2 atom stereocenters. The molecule has 2 bridgehead atoms. The maximum Gasteiger partial charge on any atom is 0.408 e. The number of hydrogen-bond acceptors (Lipinski definition) is 5. The number of aromatic carboxylic acids is 1. The summed E-state index contributed by atoms with van der Waals surface area (Å²) in [6, 6.07) is 23.6. The van der Waals surface area contributed by atoms with Gasteiger partial charge in [-0.1, -0.05) is 54.6 Å². The number of hydrogen-bond donors (Lipinski definition) is 2. The Bertz CT molecular complexity index is 1210. The molecule has 0 spiro atoms. The molecule has 36 heavy (non-hydrogen) atoms. The fraction of sp³-hybridized carbons (Fsp3) is 0.310. The van der Waals surface area contributed by atoms with E-state index in [1.165, 1.54) is 0 Å². The first-order valence-corrected chi connectivity index (χ1v) is 12.3. The third-order valence-corrected chi connectivity index (χ3v) is 7.02. The zero-order valence-corrected chi connectivity index (χ0v) is 20.0. The lowest BCUT2D eigenvalue weighted by atomic mass is 9.86. The molecule has 3 aromatic carbocycles. The van der Waals surface area contributed by atoms with Gasteiger partial charge in [0.15, 0.2) is 0 Å². The second-order valence-corrected chi connectivity index (χ2v) is 9.44. The largest absolute Gasteiger partial charge is 0.489 e. The summed E-state index contributed by atoms with van der Waals surface area (Å²) in [6.45, 7) is 3.22. The molecule has 7 nitrogen and oxygen atoms in total. The number of piperidine rings is 3. The van der Waals surface area contributed by atoms with Gasteiger partial charge in [-0.3, -0.25) is 4.90 Å². The van der Waals surface area contributed by atoms with Gasteiger partial charge in [-0.2, -0.15) is 0 Å². The number of carbonyl (C=O) groups is 2. The maximum absolute atomic E-state index is 13.0. The molecule has 0 radical (unpaired) electrons. The quantitative estimate of drug-likeness (QED) is 0.472. The first kappa shape index (κ1) is 23.9. The van der Waals surface area contributed by atoms with E-state index in [2.05, 4.69) is 10.2 Å². The topological polar surface area (TPSA) is 88.1 Å². The summed E-state index contributed by atoms with van der Waals surface area (Å²) in [5.74, 6) is 0.0924. The van der Waals surface area contributed by atoms with Crippen molar-refractivity contribution >= 4 is 12.1 Å². The van der Waals surface area contributed by atoms with Crippen LogP contribution in [0.15, 0.2) is 78.9 Å². The van der Waals surface area contributed by atoms with Crippen LogP contribution in [0.25, 0.3) is 0 Å². The first-order valence-electron chi connectivity index (χ1n) is 12.3. The monoisotopic (exact) mass is 486 g/mol. The van der Waals surface area contributed by atoms with Crippen LogP contribution >= 0.6 is 0 Å². The molecule has 0 unspecified atom stereocenters. The van der Waals surface area contributed by atoms with Crippen molar-refractivity contribution in [2.45, 2.75) is 31.6 Å². The van der Waals surface area contributed by atoms with Crippen molar-refractivity contribution in [3.63, 3.8) is 0 Å². The summed E-state index contributed by atoms with van der Waals surface area (Å²) in [4.78, 5) is 26.6. The molecule has 1 amide bonds. The number of ether oxygens (including phenoxy) is 2. The van der Waals surface area contributed by atoms with Gasteiger partial charge in [-0.25, -0.2) is 9.59 Å². The Hall–Kier alpha value is -3.84. The zero-order valence-electron chi connectivity index (χ0n) is 20.0. The fourth-order valence-corrected chi connectivity index (χ4v) is 5.08. The van der Waals surface area contributed by atoms with Crippen LogP contribution in [0.4, 0.5) is 4.79 Å². The predicted molar refractivity (Wildman–Crippen MR) is 135 cm³/mol. The average Bonchev–Trinajstić information content (AvgIpc) is 2.92. The number of carbonyl (C=O) groups excluding carboxylic acids is 1. The minimum Gasteiger partial charge on any atom is -0.489 e. The molecule has 0 aromatic heterocycles. The van der Waals surface area contributed by atoms with Crippen molar-refractivity contribution in [3.05, 3.63) is 101 Å². The highest BCUT2D eigenvalue weighted by atomic mass is 16.6. The second-order valence-electron chi connectivity index (χ2n) is 9.44. The van der Waals surface area contributed by atoms with Gasteiger partial charge in [0.2, 0.25) is 0 Å². The standard InChI is InChI=1S/C29H30N2O5/c32-28(33)24-10-4-6-20(16-24)19-35-25-11-5-9-23(17-25)27(22-7-2-1-3-8-22)30-29(34)36-26-18-31-14-12-21(26)13-15-31/h1-11,16-17,21,26-27H,12-15,18-19H2,(H,30,34)(H,32,33)/t26-,27-/m0/s1. The Kier molecular flexibility index (Phi) is 7.18. The number of amides is 1. The normalized spacial score (nSPS) is 21.4. The Labute approximate surface area is 210 Å². The lowest BCUT2D eigenvalue weighted by Crippen LogP contribution is -2.52. The van der Waals surface area contributed by atoms with Gasteiger partial charge in [0.05, 0.1) is 11.6 Å². The van der Waals surface area contributed by atoms with Gasteiger partial charge in [0.1, 0.15) is 18.5 Å². The van der Waals surface area contributed by atoms with Crippen molar-refractivity contribution in [2.24, 2.45) is 5.92 Å². The second kappa shape index (κ2) is 10.8. The highest BCUT2D eigenvalue weighted by Crippen LogP contribution is 2.30. The van der Waals surface area contributed by atoms with E-state index in [9.17, 15) is 14.7 Å². The van der Waals surface area contributed by atoms with Crippen molar-refractivity contribution in [2.75, 3.05) is 19.6 Å². The van der Waals surface area contributed by atoms with Crippen molar-refractivity contribution in [1.29, 1.82) is 0 Å². The van der Waals surface area contributed by atoms with E-state index in [0.29, 0.717) is 11.7 Å². The molecule has 2 N–H and O–H groups in total. The van der Waals surface area contributed by atoms with Crippen molar-refractivity contribution < 1.29 is 24.2 Å². The molecule has 0 saturated carbocycles. The van der Waals surface area contributed by atoms with Gasteiger partial charge < -0.3 is 19.9 Å². The van der Waals surface area contributed by atoms with Crippen LogP contribution in [-0.2, 0) is 11.3 Å². The van der Waals surface area contributed by atoms with Crippen LogP contribution in [0.5, 0.6) is 5.75 Å². The van der Waals surface area contributed by atoms with Crippen LogP contribution in [0.2, 0.25) is 0 Å². The molecule has 0 aliphatic carbocycles. The highest BCUT2D eigenvalue weighted by molar-refractivity contribution is 5.87. The van der Waals surface area contributed by atoms with Crippen LogP contribution in [0.1, 0.15) is 45.9 Å². The predicted octanol–water partition coefficient (Wildman–Crippen LogP) is 4.87. The van der Waals surface area contributed by atoms with Gasteiger partial charge in [0, 0.05) is 6.54 Å². The average molecular weight is 487 g/mol. The molecule has 3 heterocycles. The van der Waals surface area contributed by atoms with Crippen LogP contribution in [0.3, 0.4) is 0 Å². The van der Waals surface area contributed by atoms with E-state index < -0.39 is 18.1 Å². The summed E-state index contributed by atoms with van der Waals surface area (Å²) < 4.78 is 11.9. The van der Waals surface area contributed by atoms with Crippen molar-refractivity contribution in [3.8, 4) is 5.75 Å². The number of rotatable bonds is 8. The van der Waals surface area contributed by atoms with E-state index in [-0.39, 0.29) is 18.3 Å². The summed E-state index contributed by atoms with van der Waals surface area (Å²) in [7, 11) is 0. The number of carboxylic acid groups (broad SMARTS) is 1. The van der Waals surface area contributed by atoms with E-state index in [1.54, 1.807) is 18.2 Å². The third kappa shape index (κ3) is 5.69. The van der Waals surface area contributed by atoms with Crippen LogP contribution in [-0.4, -0.2) is 47.8 Å². The lowest BCUT2D eigenvalue weighted by Gasteiger charge is -2.43. The van der Waals surface area contributed by atoms with E-state index >= 15 is 0 Å². The van der Waals surface area contributed by atoms with Gasteiger partial charge >= 0.3 is 12.1 Å². The number of benzene rings is 3. The highest BCUT2D eigenvalue weighted by Gasteiger charge is 2.36. The van der Waals surface area contributed by atoms with Crippen LogP contribution < -0.4 is 10.1 Å². The van der Waals surface area contributed by atoms with E-state index in [1.807, 2.05) is 60.7 Å². The number of alkyl carbamates (subject to hydrolysis) is 1. The molecule has 3 aromatic rings. The molecular formula is C29H30N2O5. The molecule has 3 aliphatic rings. The SMILES string of the molecule is O=C(N[C@@H](c1ccccc1)c1cccc(OCc2cccc(C(=O)O)c2)c1)O[C@H]1CN2CCC1CC2. The Morgan fingerprint density at radius 2 is 1.69 bits per heavy atom. The zero-order chi connectivity index (χ0) is 24.9. The van der Waals surface area contributed by atoms with Crippen molar-refractivity contribution in [1.82, 2.24) is 10.2 Å². The molecule has 6 rings (SSSR count). The summed E-state index contributed by atoms with van der Waals surface area (Å²) in [5, 5.41) is 12.3. The third-order valence-electron chi connectivity index (χ3n) is 7.02. The summed E-state index contributed by atoms with van der Waals surface area (Å²) >= 11 is 0. The van der Waals surface area contributed by atoms with E-state index in [4.69, 9.17) is 9.47 Å². The van der Waals surface area contributed by atoms with Gasteiger partial charge in [-0.15, -0.1) is 0 Å². The Balaban J connectivity index is 1.30. The Morgan fingerprint density at radius 3 is 2.42 bits per heavy atom. The first-order chi connectivity index (χ1) is 17.5. The summed E-state index contributed by atoms with van der Waals surface area (Å²) in [5.41, 5.74) is 2.79. The molecule has 3 aliphatic heterocycles. The molecule has 3 saturated heterocycles.